The van der Waals surface area contributed by atoms with E-state index < -0.39 is 5.91 Å². The third kappa shape index (κ3) is 7.74. The minimum absolute atomic E-state index is 0.0227. The number of hydrogen-bond donors (Lipinski definition) is 3. The van der Waals surface area contributed by atoms with E-state index in [0.717, 1.165) is 24.0 Å². The van der Waals surface area contributed by atoms with E-state index in [9.17, 15) is 19.2 Å². The highest BCUT2D eigenvalue weighted by atomic mass is 16.5. The second kappa shape index (κ2) is 14.3. The van der Waals surface area contributed by atoms with Crippen LogP contribution in [0.4, 0.5) is 5.69 Å². The van der Waals surface area contributed by atoms with Crippen LogP contribution in [0.3, 0.4) is 0 Å². The minimum atomic E-state index is -0.411. The van der Waals surface area contributed by atoms with E-state index in [0.29, 0.717) is 28.3 Å². The molecule has 2 aromatic carbocycles. The molecule has 3 N–H and O–H groups in total. The van der Waals surface area contributed by atoms with Crippen molar-refractivity contribution >= 4 is 29.2 Å². The van der Waals surface area contributed by atoms with Gasteiger partial charge in [0.2, 0.25) is 5.91 Å². The highest BCUT2D eigenvalue weighted by Gasteiger charge is 2.30. The van der Waals surface area contributed by atoms with Crippen LogP contribution in [0.2, 0.25) is 0 Å². The van der Waals surface area contributed by atoms with Crippen molar-refractivity contribution in [3.05, 3.63) is 106 Å². The second-order valence-electron chi connectivity index (χ2n) is 10.7. The summed E-state index contributed by atoms with van der Waals surface area (Å²) >= 11 is 0. The molecule has 0 saturated heterocycles. The molecular weight excluding hydrogens is 572 g/mol. The third-order valence-corrected chi connectivity index (χ3v) is 7.44. The Labute approximate surface area is 262 Å². The highest BCUT2D eigenvalue weighted by Crippen LogP contribution is 2.37. The summed E-state index contributed by atoms with van der Waals surface area (Å²) in [6, 6.07) is 16.1. The molecular formula is C34H38N6O5. The first-order valence-electron chi connectivity index (χ1n) is 14.4. The Morgan fingerprint density at radius 2 is 1.82 bits per heavy atom. The molecule has 1 saturated carbocycles. The third-order valence-electron chi connectivity index (χ3n) is 7.44. The first-order valence-corrected chi connectivity index (χ1v) is 14.4. The first kappa shape index (κ1) is 32.5. The summed E-state index contributed by atoms with van der Waals surface area (Å²) in [6.45, 7) is 4.12. The molecule has 0 radical (unpaired) electrons. The standard InChI is InChI=1S/C34H38N6O5/c1-21(31(41)36-3)28(19-29(35-2)38-32(42)23-14-15-23)37-27-11-7-10-26(30(27)45-6)22-12-16-24(17-13-22)33(43)40(5)20-25-9-8-18-39(4)34(25)44/h7-13,16-19,23,37H,1,14-15,20H2,2-6H3,(H,36,41)(H,35,38,42)/b28-19+. The summed E-state index contributed by atoms with van der Waals surface area (Å²) in [5.41, 5.74) is 3.36. The number of aliphatic imine (C=N–C) groups is 1. The van der Waals surface area contributed by atoms with Crippen LogP contribution in [0.1, 0.15) is 28.8 Å². The van der Waals surface area contributed by atoms with Gasteiger partial charge in [0.05, 0.1) is 30.6 Å². The molecule has 0 unspecified atom stereocenters. The predicted octanol–water partition coefficient (Wildman–Crippen LogP) is 3.49. The van der Waals surface area contributed by atoms with Crippen LogP contribution in [-0.4, -0.2) is 61.3 Å². The van der Waals surface area contributed by atoms with Gasteiger partial charge in [0.1, 0.15) is 11.6 Å². The quantitative estimate of drug-likeness (QED) is 0.132. The summed E-state index contributed by atoms with van der Waals surface area (Å²) in [7, 11) is 7.92. The van der Waals surface area contributed by atoms with E-state index in [4.69, 9.17) is 4.74 Å². The molecule has 0 atom stereocenters. The molecule has 0 bridgehead atoms. The zero-order valence-corrected chi connectivity index (χ0v) is 26.1. The SMILES string of the molecule is C=C(C(=O)NC)/C(=C\C(=NC)NC(=O)C1CC1)Nc1cccc(-c2ccc(C(=O)N(C)Cc3cccn(C)c3=O)cc2)c1OC. The molecule has 1 aliphatic rings. The molecule has 3 amide bonds. The Morgan fingerprint density at radius 3 is 2.44 bits per heavy atom. The van der Waals surface area contributed by atoms with Crippen LogP contribution in [0.15, 0.2) is 94.5 Å². The molecule has 4 rings (SSSR count). The van der Waals surface area contributed by atoms with Gasteiger partial charge in [0, 0.05) is 63.1 Å². The maximum Gasteiger partial charge on any atom is 0.255 e. The molecule has 11 nitrogen and oxygen atoms in total. The number of pyridine rings is 1. The van der Waals surface area contributed by atoms with Crippen molar-refractivity contribution in [2.75, 3.05) is 33.6 Å². The van der Waals surface area contributed by atoms with E-state index >= 15 is 0 Å². The molecule has 11 heteroatoms. The van der Waals surface area contributed by atoms with Crippen LogP contribution < -0.4 is 26.2 Å². The number of nitrogens with zero attached hydrogens (tertiary/aromatic N) is 3. The van der Waals surface area contributed by atoms with Crippen molar-refractivity contribution in [3.63, 3.8) is 0 Å². The Bertz CT molecular complexity index is 1730. The van der Waals surface area contributed by atoms with E-state index in [1.165, 1.54) is 23.6 Å². The van der Waals surface area contributed by atoms with Crippen LogP contribution in [0, 0.1) is 5.92 Å². The first-order chi connectivity index (χ1) is 21.6. The largest absolute Gasteiger partial charge is 0.494 e. The fourth-order valence-electron chi connectivity index (χ4n) is 4.68. The monoisotopic (exact) mass is 610 g/mol. The number of amidine groups is 1. The number of nitrogens with one attached hydrogen (secondary N) is 3. The Hall–Kier alpha value is -5.45. The average molecular weight is 611 g/mol. The van der Waals surface area contributed by atoms with E-state index in [-0.39, 0.29) is 41.2 Å². The molecule has 1 fully saturated rings. The van der Waals surface area contributed by atoms with Gasteiger partial charge in [0.25, 0.3) is 17.4 Å². The minimum Gasteiger partial charge on any atom is -0.494 e. The number of para-hydroxylation sites is 1. The maximum atomic E-state index is 13.2. The van der Waals surface area contributed by atoms with Crippen molar-refractivity contribution in [3.8, 4) is 16.9 Å². The molecule has 1 heterocycles. The smallest absolute Gasteiger partial charge is 0.255 e. The molecule has 0 aliphatic heterocycles. The van der Waals surface area contributed by atoms with Crippen LogP contribution in [-0.2, 0) is 23.2 Å². The summed E-state index contributed by atoms with van der Waals surface area (Å²) in [5, 5.41) is 8.62. The van der Waals surface area contributed by atoms with Gasteiger partial charge in [-0.2, -0.15) is 0 Å². The lowest BCUT2D eigenvalue weighted by molar-refractivity contribution is -0.120. The van der Waals surface area contributed by atoms with Gasteiger partial charge in [-0.25, -0.2) is 0 Å². The van der Waals surface area contributed by atoms with Gasteiger partial charge >= 0.3 is 0 Å². The summed E-state index contributed by atoms with van der Waals surface area (Å²) in [6.07, 6.45) is 4.92. The molecule has 3 aromatic rings. The zero-order chi connectivity index (χ0) is 32.7. The van der Waals surface area contributed by atoms with Crippen LogP contribution >= 0.6 is 0 Å². The number of carbonyl (C=O) groups excluding carboxylic acids is 3. The van der Waals surface area contributed by atoms with Gasteiger partial charge in [-0.1, -0.05) is 36.9 Å². The second-order valence-corrected chi connectivity index (χ2v) is 10.7. The van der Waals surface area contributed by atoms with E-state index in [1.807, 2.05) is 24.3 Å². The number of likely N-dealkylation sites (N-methyl/N-ethyl adjacent to an activating group) is 1. The number of rotatable bonds is 11. The van der Waals surface area contributed by atoms with Crippen LogP contribution in [0.25, 0.3) is 11.1 Å². The number of anilines is 1. The summed E-state index contributed by atoms with van der Waals surface area (Å²) in [5.74, 6) is -0.00175. The number of ether oxygens (including phenoxy) is 1. The lowest BCUT2D eigenvalue weighted by Gasteiger charge is -2.19. The maximum absolute atomic E-state index is 13.2. The fraction of sp³-hybridized carbons (Fsp3) is 0.265. The van der Waals surface area contributed by atoms with Crippen molar-refractivity contribution in [1.82, 2.24) is 20.1 Å². The predicted molar refractivity (Wildman–Crippen MR) is 175 cm³/mol. The van der Waals surface area contributed by atoms with Gasteiger partial charge in [-0.15, -0.1) is 0 Å². The van der Waals surface area contributed by atoms with Gasteiger partial charge in [0.15, 0.2) is 0 Å². The lowest BCUT2D eigenvalue weighted by Crippen LogP contribution is -2.31. The average Bonchev–Trinajstić information content (AvgIpc) is 3.91. The number of amides is 3. The Morgan fingerprint density at radius 1 is 1.11 bits per heavy atom. The molecule has 45 heavy (non-hydrogen) atoms. The normalized spacial score (nSPS) is 13.1. The number of carbonyl (C=O) groups is 3. The van der Waals surface area contributed by atoms with Crippen molar-refractivity contribution in [2.45, 2.75) is 19.4 Å². The van der Waals surface area contributed by atoms with Crippen LogP contribution in [0.5, 0.6) is 5.75 Å². The van der Waals surface area contributed by atoms with E-state index in [2.05, 4.69) is 27.5 Å². The van der Waals surface area contributed by atoms with Gasteiger partial charge in [-0.05, 0) is 42.7 Å². The van der Waals surface area contributed by atoms with Gasteiger partial charge < -0.3 is 30.2 Å². The lowest BCUT2D eigenvalue weighted by atomic mass is 10.0. The molecule has 0 spiro atoms. The molecule has 1 aliphatic carbocycles. The number of methoxy groups -OCH3 is 1. The number of aryl methyl sites for hydroxylation is 1. The zero-order valence-electron chi connectivity index (χ0n) is 26.1. The van der Waals surface area contributed by atoms with Crippen molar-refractivity contribution in [1.29, 1.82) is 0 Å². The number of hydrogen-bond acceptors (Lipinski definition) is 7. The number of benzene rings is 2. The molecule has 1 aromatic heterocycles. The van der Waals surface area contributed by atoms with Gasteiger partial charge in [-0.3, -0.25) is 24.2 Å². The topological polar surface area (TPSA) is 134 Å². The Kier molecular flexibility index (Phi) is 10.4. The van der Waals surface area contributed by atoms with E-state index in [1.54, 1.807) is 63.7 Å². The van der Waals surface area contributed by atoms with Crippen molar-refractivity contribution in [2.24, 2.45) is 18.0 Å². The number of aromatic nitrogens is 1. The highest BCUT2D eigenvalue weighted by molar-refractivity contribution is 6.08. The summed E-state index contributed by atoms with van der Waals surface area (Å²) < 4.78 is 7.29. The molecule has 234 valence electrons. The fourth-order valence-corrected chi connectivity index (χ4v) is 4.68. The Balaban J connectivity index is 1.60. The van der Waals surface area contributed by atoms with Crippen molar-refractivity contribution < 1.29 is 19.1 Å². The summed E-state index contributed by atoms with van der Waals surface area (Å²) in [4.78, 5) is 56.2.